The fourth-order valence-corrected chi connectivity index (χ4v) is 2.14. The van der Waals surface area contributed by atoms with E-state index in [0.29, 0.717) is 0 Å². The number of hydrogen-bond acceptors (Lipinski definition) is 0. The van der Waals surface area contributed by atoms with Gasteiger partial charge < -0.3 is 16.0 Å². The van der Waals surface area contributed by atoms with Gasteiger partial charge in [0.25, 0.3) is 0 Å². The molecule has 2 rings (SSSR count). The molecule has 4 heteroatoms. The van der Waals surface area contributed by atoms with Crippen LogP contribution in [0, 0.1) is 20.4 Å². The minimum Gasteiger partial charge on any atom is -0.668 e. The molecule has 0 saturated heterocycles. The molecule has 0 aliphatic rings. The second kappa shape index (κ2) is 30.0. The Balaban J connectivity index is -0.000000236. The Hall–Kier alpha value is -2.01. The van der Waals surface area contributed by atoms with Crippen molar-refractivity contribution < 1.29 is 21.7 Å². The first kappa shape index (κ1) is 40.2. The molecule has 3 nitrogen and oxygen atoms in total. The van der Waals surface area contributed by atoms with Crippen LogP contribution in [0.2, 0.25) is 0 Å². The Morgan fingerprint density at radius 2 is 0.857 bits per heavy atom. The third-order valence-electron chi connectivity index (χ3n) is 3.36. The van der Waals surface area contributed by atoms with Crippen molar-refractivity contribution in [2.75, 3.05) is 42.3 Å². The first-order valence-electron chi connectivity index (χ1n) is 11.3. The molecule has 0 N–H and O–H groups in total. The summed E-state index contributed by atoms with van der Waals surface area (Å²) >= 11 is 0. The molecule has 35 heavy (non-hydrogen) atoms. The van der Waals surface area contributed by atoms with E-state index in [4.69, 9.17) is 6.58 Å². The van der Waals surface area contributed by atoms with Gasteiger partial charge in [0.1, 0.15) is 0 Å². The summed E-state index contributed by atoms with van der Waals surface area (Å²) in [5.41, 5.74) is 7.17. The maximum atomic E-state index is 5.33. The minimum absolute atomic E-state index is 0. The van der Waals surface area contributed by atoms with Crippen molar-refractivity contribution in [2.45, 2.75) is 34.6 Å². The smallest absolute Gasteiger partial charge is 0.668 e. The van der Waals surface area contributed by atoms with Gasteiger partial charge in [0.05, 0.1) is 0 Å². The van der Waals surface area contributed by atoms with Crippen LogP contribution in [0.1, 0.15) is 43.0 Å². The second-order valence-electron chi connectivity index (χ2n) is 7.85. The number of rotatable bonds is 4. The quantitative estimate of drug-likeness (QED) is 0.224. The van der Waals surface area contributed by atoms with Gasteiger partial charge in [-0.15, -0.1) is 0 Å². The molecular formula is C31H47N3Ti. The maximum Gasteiger partial charge on any atom is 4.00 e. The van der Waals surface area contributed by atoms with Crippen molar-refractivity contribution in [3.05, 3.63) is 123 Å². The van der Waals surface area contributed by atoms with Crippen molar-refractivity contribution in [3.8, 4) is 0 Å². The maximum absolute atomic E-state index is 5.33. The van der Waals surface area contributed by atoms with Crippen LogP contribution in [-0.2, 0) is 21.7 Å². The van der Waals surface area contributed by atoms with Crippen molar-refractivity contribution in [3.63, 3.8) is 0 Å². The Morgan fingerprint density at radius 3 is 1.03 bits per heavy atom. The molecule has 0 atom stereocenters. The molecule has 2 aromatic rings. The van der Waals surface area contributed by atoms with Gasteiger partial charge in [0.2, 0.25) is 0 Å². The van der Waals surface area contributed by atoms with E-state index >= 15 is 0 Å². The molecule has 0 aliphatic heterocycles. The van der Waals surface area contributed by atoms with Crippen LogP contribution in [0.4, 0.5) is 0 Å². The predicted molar refractivity (Wildman–Crippen MR) is 159 cm³/mol. The molecule has 0 radical (unpaired) electrons. The van der Waals surface area contributed by atoms with E-state index in [1.165, 1.54) is 27.8 Å². The number of benzene rings is 2. The molecule has 0 unspecified atom stereocenters. The fourth-order valence-electron chi connectivity index (χ4n) is 2.14. The van der Waals surface area contributed by atoms with E-state index in [1.54, 1.807) is 42.3 Å². The average molecular weight is 510 g/mol. The average Bonchev–Trinajstić information content (AvgIpc) is 2.75. The van der Waals surface area contributed by atoms with Crippen LogP contribution < -0.4 is 0 Å². The molecule has 0 saturated carbocycles. The van der Waals surface area contributed by atoms with Crippen molar-refractivity contribution >= 4 is 12.2 Å². The Kier molecular flexibility index (Phi) is 34.5. The molecule has 0 amide bonds. The largest absolute Gasteiger partial charge is 4.00 e. The van der Waals surface area contributed by atoms with Gasteiger partial charge in [-0.05, 0) is 25.0 Å². The monoisotopic (exact) mass is 509 g/mol. The van der Waals surface area contributed by atoms with E-state index in [2.05, 4.69) is 103 Å². The van der Waals surface area contributed by atoms with Crippen LogP contribution in [0.3, 0.4) is 0 Å². The zero-order chi connectivity index (χ0) is 26.8. The molecule has 0 bridgehead atoms. The summed E-state index contributed by atoms with van der Waals surface area (Å²) in [7, 11) is 10.5. The number of nitrogens with zero attached hydrogens (tertiary/aromatic N) is 3. The Labute approximate surface area is 232 Å². The molecule has 0 aromatic heterocycles. The predicted octanol–water partition coefficient (Wildman–Crippen LogP) is 9.22. The molecular weight excluding hydrogens is 462 g/mol. The summed E-state index contributed by atoms with van der Waals surface area (Å²) in [5.74, 6) is 0. The van der Waals surface area contributed by atoms with Crippen molar-refractivity contribution in [2.24, 2.45) is 0 Å². The van der Waals surface area contributed by atoms with Crippen molar-refractivity contribution in [1.29, 1.82) is 0 Å². The minimum atomic E-state index is 0. The Morgan fingerprint density at radius 1 is 0.600 bits per heavy atom. The molecule has 0 spiro atoms. The van der Waals surface area contributed by atoms with Gasteiger partial charge in [0, 0.05) is 0 Å². The van der Waals surface area contributed by atoms with E-state index < -0.39 is 0 Å². The third kappa shape index (κ3) is 34.2. The van der Waals surface area contributed by atoms with E-state index in [0.717, 1.165) is 5.57 Å². The van der Waals surface area contributed by atoms with Crippen molar-refractivity contribution in [1.82, 2.24) is 0 Å². The molecule has 2 aromatic carbocycles. The summed E-state index contributed by atoms with van der Waals surface area (Å²) in [5, 5.41) is 10.5. The summed E-state index contributed by atoms with van der Waals surface area (Å²) in [6.45, 7) is 15.5. The first-order valence-corrected chi connectivity index (χ1v) is 11.3. The Bertz CT molecular complexity index is 740. The summed E-state index contributed by atoms with van der Waals surface area (Å²) < 4.78 is 0. The zero-order valence-corrected chi connectivity index (χ0v) is 25.5. The summed E-state index contributed by atoms with van der Waals surface area (Å²) in [4.78, 5) is 0. The summed E-state index contributed by atoms with van der Waals surface area (Å²) in [6, 6.07) is 17.0. The van der Waals surface area contributed by atoms with Crippen LogP contribution in [-0.4, -0.2) is 42.3 Å². The zero-order valence-electron chi connectivity index (χ0n) is 23.9. The van der Waals surface area contributed by atoms with Crippen LogP contribution in [0.15, 0.2) is 77.9 Å². The van der Waals surface area contributed by atoms with E-state index in [-0.39, 0.29) is 21.7 Å². The van der Waals surface area contributed by atoms with Crippen LogP contribution in [0.5, 0.6) is 0 Å². The number of hydrogen-bond donors (Lipinski definition) is 0. The third-order valence-corrected chi connectivity index (χ3v) is 3.36. The van der Waals surface area contributed by atoms with Crippen LogP contribution in [0.25, 0.3) is 28.1 Å². The van der Waals surface area contributed by atoms with Gasteiger partial charge in [-0.3, -0.25) is 6.58 Å². The molecule has 0 heterocycles. The molecule has 190 valence electrons. The van der Waals surface area contributed by atoms with Gasteiger partial charge >= 0.3 is 21.7 Å². The van der Waals surface area contributed by atoms with E-state index in [1.807, 2.05) is 26.8 Å². The van der Waals surface area contributed by atoms with Crippen LogP contribution >= 0.6 is 0 Å². The second-order valence-corrected chi connectivity index (χ2v) is 7.85. The summed E-state index contributed by atoms with van der Waals surface area (Å²) in [6.07, 6.45) is 10.3. The molecule has 0 fully saturated rings. The first-order chi connectivity index (χ1) is 16.1. The standard InChI is InChI=1S/C18H18.C7H11.3C2H6N.Ti/c1-15-7-11-17(12-8-15)5-3-4-6-18-13-9-16(2)10-14-18;1-6(2)5-7(3)4;3*1-3-2;/h3-14H,1-2H3;1,5H,2-4H3;3*1-2H3;/q;4*-1;+4. The van der Waals surface area contributed by atoms with Gasteiger partial charge in [0.15, 0.2) is 0 Å². The number of aryl methyl sites for hydroxylation is 2. The van der Waals surface area contributed by atoms with Gasteiger partial charge in [-0.2, -0.15) is 47.9 Å². The number of allylic oxidation sites excluding steroid dienone is 5. The molecule has 0 aliphatic carbocycles. The topological polar surface area (TPSA) is 42.3 Å². The normalized spacial score (nSPS) is 9.00. The van der Waals surface area contributed by atoms with Gasteiger partial charge in [-0.1, -0.05) is 105 Å². The van der Waals surface area contributed by atoms with E-state index in [9.17, 15) is 0 Å². The fraction of sp³-hybridized carbons (Fsp3) is 0.355. The van der Waals surface area contributed by atoms with Gasteiger partial charge in [-0.25, -0.2) is 11.6 Å². The SMILES string of the molecule is C[N-]C.C[N-]C.C[N-]C.Cc1ccc(C=CC=Cc2ccc(C)cc2)cc1.[CH-]=C(C)C=C(C)C.[Ti+4].